The van der Waals surface area contributed by atoms with Gasteiger partial charge in [0.15, 0.2) is 0 Å². The molecular weight excluding hydrogens is 264 g/mol. The molecule has 0 spiro atoms. The summed E-state index contributed by atoms with van der Waals surface area (Å²) in [6.45, 7) is 14.8. The highest BCUT2D eigenvalue weighted by atomic mass is 32.1. The monoisotopic (exact) mass is 296 g/mol. The molecule has 1 aromatic heterocycles. The van der Waals surface area contributed by atoms with Gasteiger partial charge in [-0.1, -0.05) is 34.6 Å². The number of rotatable bonds is 8. The van der Waals surface area contributed by atoms with Crippen molar-refractivity contribution in [2.75, 3.05) is 6.54 Å². The van der Waals surface area contributed by atoms with E-state index in [0.717, 1.165) is 18.9 Å². The van der Waals surface area contributed by atoms with Gasteiger partial charge in [0, 0.05) is 17.8 Å². The van der Waals surface area contributed by atoms with E-state index in [0.29, 0.717) is 11.5 Å². The summed E-state index contributed by atoms with van der Waals surface area (Å²) in [6.07, 6.45) is 4.79. The lowest BCUT2D eigenvalue weighted by Crippen LogP contribution is -2.34. The molecule has 0 saturated carbocycles. The summed E-state index contributed by atoms with van der Waals surface area (Å²) in [4.78, 5) is 4.62. The van der Waals surface area contributed by atoms with Crippen LogP contribution in [0.5, 0.6) is 0 Å². The molecule has 2 nitrogen and oxygen atoms in total. The van der Waals surface area contributed by atoms with Crippen molar-refractivity contribution in [1.82, 2.24) is 10.3 Å². The van der Waals surface area contributed by atoms with E-state index in [1.54, 1.807) is 11.3 Å². The summed E-state index contributed by atoms with van der Waals surface area (Å²) in [5.74, 6) is 0.754. The lowest BCUT2D eigenvalue weighted by molar-refractivity contribution is 0.274. The molecule has 1 heterocycles. The Kier molecular flexibility index (Phi) is 7.18. The van der Waals surface area contributed by atoms with E-state index in [-0.39, 0.29) is 0 Å². The summed E-state index contributed by atoms with van der Waals surface area (Å²) >= 11 is 1.76. The van der Waals surface area contributed by atoms with E-state index < -0.39 is 0 Å². The highest BCUT2D eigenvalue weighted by Crippen LogP contribution is 2.27. The van der Waals surface area contributed by atoms with Crippen LogP contribution in [0.25, 0.3) is 0 Å². The van der Waals surface area contributed by atoms with Gasteiger partial charge in [-0.05, 0) is 44.1 Å². The molecule has 2 unspecified atom stereocenters. The van der Waals surface area contributed by atoms with E-state index in [9.17, 15) is 0 Å². The first-order valence-electron chi connectivity index (χ1n) is 7.94. The standard InChI is InChI=1S/C17H32N2S/c1-7-8-18-15(9-13(2)11-17(4,5)6)10-16-12-20-14(3)19-16/h12-13,15,18H,7-11H2,1-6H3. The van der Waals surface area contributed by atoms with Gasteiger partial charge < -0.3 is 5.32 Å². The lowest BCUT2D eigenvalue weighted by Gasteiger charge is -2.27. The highest BCUT2D eigenvalue weighted by Gasteiger charge is 2.19. The molecule has 1 rings (SSSR count). The molecule has 0 saturated heterocycles. The zero-order valence-corrected chi connectivity index (χ0v) is 14.9. The van der Waals surface area contributed by atoms with Crippen LogP contribution in [-0.2, 0) is 6.42 Å². The third-order valence-electron chi connectivity index (χ3n) is 3.45. The maximum atomic E-state index is 4.62. The van der Waals surface area contributed by atoms with Crippen LogP contribution in [0.2, 0.25) is 0 Å². The zero-order chi connectivity index (χ0) is 15.2. The average Bonchev–Trinajstić information content (AvgIpc) is 2.69. The van der Waals surface area contributed by atoms with Gasteiger partial charge in [-0.2, -0.15) is 0 Å². The van der Waals surface area contributed by atoms with Crippen molar-refractivity contribution in [3.05, 3.63) is 16.1 Å². The van der Waals surface area contributed by atoms with Crippen molar-refractivity contribution in [1.29, 1.82) is 0 Å². The van der Waals surface area contributed by atoms with Crippen LogP contribution in [0.1, 0.15) is 64.6 Å². The number of hydrogen-bond acceptors (Lipinski definition) is 3. The molecule has 116 valence electrons. The zero-order valence-electron chi connectivity index (χ0n) is 14.1. The number of aromatic nitrogens is 1. The van der Waals surface area contributed by atoms with Gasteiger partial charge in [-0.15, -0.1) is 11.3 Å². The smallest absolute Gasteiger partial charge is 0.0897 e. The van der Waals surface area contributed by atoms with E-state index in [1.807, 2.05) is 0 Å². The van der Waals surface area contributed by atoms with Gasteiger partial charge in [0.1, 0.15) is 0 Å². The van der Waals surface area contributed by atoms with Crippen LogP contribution in [0.15, 0.2) is 5.38 Å². The highest BCUT2D eigenvalue weighted by molar-refractivity contribution is 7.09. The maximum absolute atomic E-state index is 4.62. The number of aryl methyl sites for hydroxylation is 1. The Morgan fingerprint density at radius 1 is 1.35 bits per heavy atom. The van der Waals surface area contributed by atoms with Crippen LogP contribution in [0.3, 0.4) is 0 Å². The fraction of sp³-hybridized carbons (Fsp3) is 0.824. The third-order valence-corrected chi connectivity index (χ3v) is 4.28. The maximum Gasteiger partial charge on any atom is 0.0897 e. The largest absolute Gasteiger partial charge is 0.314 e. The second kappa shape index (κ2) is 8.14. The third kappa shape index (κ3) is 7.39. The van der Waals surface area contributed by atoms with Gasteiger partial charge in [0.2, 0.25) is 0 Å². The normalized spacial score (nSPS) is 15.3. The molecule has 1 N–H and O–H groups in total. The minimum absolute atomic E-state index is 0.423. The fourth-order valence-corrected chi connectivity index (χ4v) is 3.58. The van der Waals surface area contributed by atoms with Crippen molar-refractivity contribution >= 4 is 11.3 Å². The molecule has 0 aliphatic rings. The quantitative estimate of drug-likeness (QED) is 0.743. The molecule has 1 aromatic rings. The first kappa shape index (κ1) is 17.6. The van der Waals surface area contributed by atoms with Crippen molar-refractivity contribution in [3.8, 4) is 0 Å². The van der Waals surface area contributed by atoms with Gasteiger partial charge in [0.05, 0.1) is 10.7 Å². The Morgan fingerprint density at radius 3 is 2.55 bits per heavy atom. The molecule has 0 aliphatic heterocycles. The van der Waals surface area contributed by atoms with Crippen molar-refractivity contribution in [2.24, 2.45) is 11.3 Å². The van der Waals surface area contributed by atoms with Crippen molar-refractivity contribution < 1.29 is 0 Å². The topological polar surface area (TPSA) is 24.9 Å². The summed E-state index contributed by atoms with van der Waals surface area (Å²) in [7, 11) is 0. The van der Waals surface area contributed by atoms with E-state index in [2.05, 4.69) is 57.2 Å². The van der Waals surface area contributed by atoms with Crippen LogP contribution in [-0.4, -0.2) is 17.6 Å². The fourth-order valence-electron chi connectivity index (χ4n) is 2.96. The minimum atomic E-state index is 0.423. The molecule has 0 aromatic carbocycles. The van der Waals surface area contributed by atoms with E-state index >= 15 is 0 Å². The van der Waals surface area contributed by atoms with Crippen LogP contribution >= 0.6 is 11.3 Å². The van der Waals surface area contributed by atoms with Gasteiger partial charge in [-0.3, -0.25) is 0 Å². The number of nitrogens with one attached hydrogen (secondary N) is 1. The van der Waals surface area contributed by atoms with Gasteiger partial charge in [-0.25, -0.2) is 4.98 Å². The first-order chi connectivity index (χ1) is 9.30. The van der Waals surface area contributed by atoms with E-state index in [1.165, 1.54) is 30.0 Å². The summed E-state index contributed by atoms with van der Waals surface area (Å²) in [5, 5.41) is 7.10. The Bertz CT molecular complexity index is 379. The molecule has 0 aliphatic carbocycles. The second-order valence-electron chi connectivity index (χ2n) is 7.32. The van der Waals surface area contributed by atoms with Crippen LogP contribution in [0, 0.1) is 18.3 Å². The molecule has 0 radical (unpaired) electrons. The molecule has 2 atom stereocenters. The number of nitrogens with zero attached hydrogens (tertiary/aromatic N) is 1. The summed E-state index contributed by atoms with van der Waals surface area (Å²) < 4.78 is 0. The summed E-state index contributed by atoms with van der Waals surface area (Å²) in [6, 6.07) is 0.564. The Hall–Kier alpha value is -0.410. The van der Waals surface area contributed by atoms with Gasteiger partial charge in [0.25, 0.3) is 0 Å². The Labute approximate surface area is 129 Å². The molecule has 3 heteroatoms. The number of hydrogen-bond donors (Lipinski definition) is 1. The first-order valence-corrected chi connectivity index (χ1v) is 8.82. The molecule has 20 heavy (non-hydrogen) atoms. The van der Waals surface area contributed by atoms with E-state index in [4.69, 9.17) is 0 Å². The Balaban J connectivity index is 2.54. The van der Waals surface area contributed by atoms with Crippen molar-refractivity contribution in [3.63, 3.8) is 0 Å². The molecule has 0 bridgehead atoms. The predicted molar refractivity (Wildman–Crippen MR) is 90.5 cm³/mol. The predicted octanol–water partition coefficient (Wildman–Crippen LogP) is 4.82. The van der Waals surface area contributed by atoms with Crippen molar-refractivity contribution in [2.45, 2.75) is 73.3 Å². The van der Waals surface area contributed by atoms with Crippen LogP contribution < -0.4 is 5.32 Å². The molecule has 0 fully saturated rings. The SMILES string of the molecule is CCCNC(Cc1csc(C)n1)CC(C)CC(C)(C)C. The lowest BCUT2D eigenvalue weighted by atomic mass is 9.82. The second-order valence-corrected chi connectivity index (χ2v) is 8.38. The molecule has 0 amide bonds. The number of thiazole rings is 1. The van der Waals surface area contributed by atoms with Crippen LogP contribution in [0.4, 0.5) is 0 Å². The average molecular weight is 297 g/mol. The minimum Gasteiger partial charge on any atom is -0.314 e. The Morgan fingerprint density at radius 2 is 2.05 bits per heavy atom. The molecular formula is C17H32N2S. The van der Waals surface area contributed by atoms with Gasteiger partial charge >= 0.3 is 0 Å². The summed E-state index contributed by atoms with van der Waals surface area (Å²) in [5.41, 5.74) is 1.68.